The molecule has 0 atom stereocenters. The van der Waals surface area contributed by atoms with Gasteiger partial charge in [0, 0.05) is 31.9 Å². The van der Waals surface area contributed by atoms with Gasteiger partial charge in [-0.15, -0.1) is 11.3 Å². The smallest absolute Gasteiger partial charge is 0.214 e. The lowest BCUT2D eigenvalue weighted by Crippen LogP contribution is -1.91. The van der Waals surface area contributed by atoms with Crippen molar-refractivity contribution in [2.75, 3.05) is 0 Å². The second-order valence-electron chi connectivity index (χ2n) is 12.0. The molecular weight excluding hydrogens is 583 g/mol. The molecule has 0 radical (unpaired) electrons. The number of aromatic nitrogens is 3. The molecular formula is C41H23N3OS. The summed E-state index contributed by atoms with van der Waals surface area (Å²) in [6.45, 7) is 0. The third-order valence-corrected chi connectivity index (χ3v) is 10.7. The average molecular weight is 606 g/mol. The molecule has 11 rings (SSSR count). The number of hydrogen-bond acceptors (Lipinski definition) is 3. The molecule has 0 aliphatic rings. The zero-order valence-electron chi connectivity index (χ0n) is 24.4. The number of pyridine rings is 1. The van der Waals surface area contributed by atoms with Crippen molar-refractivity contribution in [1.82, 2.24) is 14.0 Å². The average Bonchev–Trinajstić information content (AvgIpc) is 3.85. The molecule has 5 aromatic heterocycles. The molecule has 5 heterocycles. The van der Waals surface area contributed by atoms with Gasteiger partial charge in [0.05, 0.1) is 32.2 Å². The molecule has 214 valence electrons. The molecule has 6 aromatic carbocycles. The van der Waals surface area contributed by atoms with Gasteiger partial charge in [-0.3, -0.25) is 8.97 Å². The van der Waals surface area contributed by atoms with Gasteiger partial charge in [-0.2, -0.15) is 0 Å². The van der Waals surface area contributed by atoms with E-state index in [1.165, 1.54) is 36.5 Å². The Bertz CT molecular complexity index is 3030. The first-order chi connectivity index (χ1) is 22.8. The van der Waals surface area contributed by atoms with Gasteiger partial charge >= 0.3 is 0 Å². The first-order valence-corrected chi connectivity index (χ1v) is 16.3. The number of rotatable bonds is 2. The molecule has 0 fully saturated rings. The molecule has 5 heteroatoms. The molecule has 0 unspecified atom stereocenters. The van der Waals surface area contributed by atoms with E-state index in [2.05, 4.69) is 148 Å². The summed E-state index contributed by atoms with van der Waals surface area (Å²) < 4.78 is 13.8. The highest BCUT2D eigenvalue weighted by Gasteiger charge is 2.22. The number of imidazole rings is 1. The van der Waals surface area contributed by atoms with E-state index in [9.17, 15) is 0 Å². The van der Waals surface area contributed by atoms with Crippen molar-refractivity contribution in [1.29, 1.82) is 0 Å². The van der Waals surface area contributed by atoms with Crippen LogP contribution >= 0.6 is 11.3 Å². The van der Waals surface area contributed by atoms with Gasteiger partial charge in [0.25, 0.3) is 0 Å². The lowest BCUT2D eigenvalue weighted by molar-refractivity contribution is 0.649. The van der Waals surface area contributed by atoms with Gasteiger partial charge in [-0.1, -0.05) is 91.0 Å². The zero-order chi connectivity index (χ0) is 29.9. The van der Waals surface area contributed by atoms with Gasteiger partial charge in [0.2, 0.25) is 5.71 Å². The fraction of sp³-hybridized carbons (Fsp3) is 0. The monoisotopic (exact) mass is 605 g/mol. The van der Waals surface area contributed by atoms with Gasteiger partial charge in [-0.05, 0) is 65.0 Å². The van der Waals surface area contributed by atoms with E-state index < -0.39 is 0 Å². The van der Waals surface area contributed by atoms with Crippen molar-refractivity contribution in [3.8, 4) is 16.8 Å². The van der Waals surface area contributed by atoms with Crippen LogP contribution in [0.5, 0.6) is 0 Å². The second-order valence-corrected chi connectivity index (χ2v) is 13.0. The van der Waals surface area contributed by atoms with Crippen LogP contribution < -0.4 is 0 Å². The fourth-order valence-electron chi connectivity index (χ4n) is 7.48. The molecule has 0 aliphatic carbocycles. The van der Waals surface area contributed by atoms with E-state index >= 15 is 0 Å². The van der Waals surface area contributed by atoms with Crippen molar-refractivity contribution in [2.24, 2.45) is 0 Å². The summed E-state index contributed by atoms with van der Waals surface area (Å²) in [5, 5.41) is 7.17. The number of fused-ring (bicyclic) bond motifs is 15. The Kier molecular flexibility index (Phi) is 4.69. The fourth-order valence-corrected chi connectivity index (χ4v) is 8.64. The Balaban J connectivity index is 1.14. The number of hydrogen-bond donors (Lipinski definition) is 0. The summed E-state index contributed by atoms with van der Waals surface area (Å²) in [6, 6.07) is 49.7. The van der Waals surface area contributed by atoms with Gasteiger partial charge in [0.1, 0.15) is 5.65 Å². The highest BCUT2D eigenvalue weighted by atomic mass is 32.1. The van der Waals surface area contributed by atoms with Crippen LogP contribution in [0.1, 0.15) is 0 Å². The van der Waals surface area contributed by atoms with Crippen molar-refractivity contribution >= 4 is 92.1 Å². The zero-order valence-corrected chi connectivity index (χ0v) is 25.3. The van der Waals surface area contributed by atoms with Gasteiger partial charge in [0.15, 0.2) is 5.58 Å². The molecule has 0 saturated heterocycles. The Morgan fingerprint density at radius 1 is 0.543 bits per heavy atom. The summed E-state index contributed by atoms with van der Waals surface area (Å²) in [7, 11) is 0. The molecule has 0 spiro atoms. The van der Waals surface area contributed by atoms with Gasteiger partial charge < -0.3 is 4.42 Å². The minimum atomic E-state index is 0.895. The summed E-state index contributed by atoms with van der Waals surface area (Å²) in [6.07, 6.45) is 0. The summed E-state index contributed by atoms with van der Waals surface area (Å²) in [4.78, 5) is 5.21. The van der Waals surface area contributed by atoms with E-state index in [1.807, 2.05) is 11.3 Å². The first-order valence-electron chi connectivity index (χ1n) is 15.5. The topological polar surface area (TPSA) is 35.4 Å². The predicted molar refractivity (Wildman–Crippen MR) is 193 cm³/mol. The first kappa shape index (κ1) is 24.4. The number of para-hydroxylation sites is 3. The highest BCUT2D eigenvalue weighted by Crippen LogP contribution is 2.46. The largest absolute Gasteiger partial charge is 0.438 e. The quantitative estimate of drug-likeness (QED) is 0.184. The normalized spacial score (nSPS) is 12.3. The van der Waals surface area contributed by atoms with E-state index in [-0.39, 0.29) is 0 Å². The molecule has 46 heavy (non-hydrogen) atoms. The third kappa shape index (κ3) is 3.14. The molecule has 4 nitrogen and oxygen atoms in total. The van der Waals surface area contributed by atoms with Crippen LogP contribution in [-0.2, 0) is 0 Å². The molecule has 0 amide bonds. The number of nitrogens with zero attached hydrogens (tertiary/aromatic N) is 3. The van der Waals surface area contributed by atoms with Crippen LogP contribution in [0.2, 0.25) is 0 Å². The predicted octanol–water partition coefficient (Wildman–Crippen LogP) is 11.5. The van der Waals surface area contributed by atoms with Crippen molar-refractivity contribution < 1.29 is 4.42 Å². The number of furan rings is 1. The second kappa shape index (κ2) is 8.84. The van der Waals surface area contributed by atoms with Crippen LogP contribution in [-0.4, -0.2) is 14.0 Å². The van der Waals surface area contributed by atoms with Crippen LogP contribution in [0.4, 0.5) is 0 Å². The summed E-state index contributed by atoms with van der Waals surface area (Å²) in [5.74, 6) is 0. The van der Waals surface area contributed by atoms with Crippen LogP contribution in [0.15, 0.2) is 144 Å². The molecule has 11 aromatic rings. The minimum Gasteiger partial charge on any atom is -0.438 e. The molecule has 0 bridgehead atoms. The van der Waals surface area contributed by atoms with E-state index in [0.717, 1.165) is 61.1 Å². The summed E-state index contributed by atoms with van der Waals surface area (Å²) in [5.41, 5.74) is 10.7. The van der Waals surface area contributed by atoms with Crippen molar-refractivity contribution in [2.45, 2.75) is 0 Å². The molecule has 0 aliphatic heterocycles. The lowest BCUT2D eigenvalue weighted by Gasteiger charge is -2.08. The minimum absolute atomic E-state index is 0.895. The maximum Gasteiger partial charge on any atom is 0.214 e. The Hall–Kier alpha value is -5.91. The van der Waals surface area contributed by atoms with Crippen molar-refractivity contribution in [3.05, 3.63) is 140 Å². The van der Waals surface area contributed by atoms with Crippen LogP contribution in [0.3, 0.4) is 0 Å². The molecule has 0 N–H and O–H groups in total. The van der Waals surface area contributed by atoms with Crippen LogP contribution in [0.25, 0.3) is 97.5 Å². The van der Waals surface area contributed by atoms with E-state index in [0.29, 0.717) is 0 Å². The highest BCUT2D eigenvalue weighted by molar-refractivity contribution is 7.26. The standard InChI is InChI=1S/C41H23N3OS/c1-2-10-26(11-3-1)43-34-17-9-7-15-30(34)37-39-38(45-41(37)43)31-22-24(19-21-36(31)46-39)25-18-20-35-32(23-25)42-40-29-14-5-4-12-27(29)28-13-6-8-16-33(28)44(35)40/h1-23H. The lowest BCUT2D eigenvalue weighted by atomic mass is 10.0. The summed E-state index contributed by atoms with van der Waals surface area (Å²) >= 11 is 1.81. The Morgan fingerprint density at radius 3 is 2.11 bits per heavy atom. The number of thiophene rings is 1. The van der Waals surface area contributed by atoms with Crippen LogP contribution in [0, 0.1) is 0 Å². The Labute approximate surface area is 266 Å². The van der Waals surface area contributed by atoms with E-state index in [4.69, 9.17) is 9.40 Å². The third-order valence-electron chi connectivity index (χ3n) is 9.50. The SMILES string of the molecule is c1ccc(-n2c3ccccc3c3c4sc5ccc(-c6ccc7c(c6)nc6c8ccccc8c8ccccc8n76)cc5c4oc32)cc1. The molecule has 0 saturated carbocycles. The van der Waals surface area contributed by atoms with Crippen molar-refractivity contribution in [3.63, 3.8) is 0 Å². The van der Waals surface area contributed by atoms with Gasteiger partial charge in [-0.25, -0.2) is 4.98 Å². The number of benzene rings is 6. The maximum atomic E-state index is 6.82. The Morgan fingerprint density at radius 2 is 1.24 bits per heavy atom. The van der Waals surface area contributed by atoms with E-state index in [1.54, 1.807) is 0 Å². The maximum absolute atomic E-state index is 6.82.